The number of nitrogens with zero attached hydrogens (tertiary/aromatic N) is 3. The van der Waals surface area contributed by atoms with Gasteiger partial charge in [-0.25, -0.2) is 0 Å². The number of amides is 1. The molecule has 0 aromatic heterocycles. The summed E-state index contributed by atoms with van der Waals surface area (Å²) >= 11 is 0. The van der Waals surface area contributed by atoms with Crippen molar-refractivity contribution in [2.45, 2.75) is 32.4 Å². The van der Waals surface area contributed by atoms with Gasteiger partial charge >= 0.3 is 0 Å². The van der Waals surface area contributed by atoms with Crippen molar-refractivity contribution in [3.63, 3.8) is 0 Å². The highest BCUT2D eigenvalue weighted by molar-refractivity contribution is 5.98. The Bertz CT molecular complexity index is 964. The molecule has 2 unspecified atom stereocenters. The number of benzene rings is 2. The van der Waals surface area contributed by atoms with Crippen molar-refractivity contribution in [1.29, 1.82) is 5.26 Å². The van der Waals surface area contributed by atoms with Crippen LogP contribution in [0.4, 0.5) is 5.69 Å². The van der Waals surface area contributed by atoms with E-state index in [1.165, 1.54) is 0 Å². The molecule has 1 amide bonds. The first-order valence-electron chi connectivity index (χ1n) is 9.16. The van der Waals surface area contributed by atoms with Crippen LogP contribution in [0.5, 0.6) is 0 Å². The van der Waals surface area contributed by atoms with Crippen LogP contribution in [0.25, 0.3) is 0 Å². The molecule has 0 aliphatic carbocycles. The summed E-state index contributed by atoms with van der Waals surface area (Å²) in [6.07, 6.45) is 1.80. The van der Waals surface area contributed by atoms with Gasteiger partial charge in [-0.2, -0.15) is 5.26 Å². The maximum atomic E-state index is 13.1. The molecule has 2 atom stereocenters. The molecule has 3 aliphatic rings. The third kappa shape index (κ3) is 2.78. The van der Waals surface area contributed by atoms with Gasteiger partial charge in [-0.15, -0.1) is 0 Å². The lowest BCUT2D eigenvalue weighted by Crippen LogP contribution is -2.70. The minimum absolute atomic E-state index is 0.00469. The monoisotopic (exact) mass is 359 g/mol. The lowest BCUT2D eigenvalue weighted by Gasteiger charge is -2.57. The number of para-hydroxylation sites is 1. The summed E-state index contributed by atoms with van der Waals surface area (Å²) in [7, 11) is 0. The normalized spacial score (nSPS) is 20.6. The second-order valence-corrected chi connectivity index (χ2v) is 7.43. The van der Waals surface area contributed by atoms with E-state index in [1.807, 2.05) is 49.1 Å². The smallest absolute Gasteiger partial charge is 0.254 e. The van der Waals surface area contributed by atoms with E-state index in [1.54, 1.807) is 6.07 Å². The van der Waals surface area contributed by atoms with Crippen molar-refractivity contribution in [3.8, 4) is 6.07 Å². The first-order valence-corrected chi connectivity index (χ1v) is 9.16. The Morgan fingerprint density at radius 3 is 2.52 bits per heavy atom. The van der Waals surface area contributed by atoms with Gasteiger partial charge in [0.05, 0.1) is 23.3 Å². The molecule has 136 valence electrons. The van der Waals surface area contributed by atoms with E-state index in [9.17, 15) is 14.9 Å². The Morgan fingerprint density at radius 2 is 1.85 bits per heavy atom. The number of aryl methyl sites for hydroxylation is 2. The van der Waals surface area contributed by atoms with Crippen LogP contribution in [0.3, 0.4) is 0 Å². The summed E-state index contributed by atoms with van der Waals surface area (Å²) in [5.41, 5.74) is 4.59. The molecule has 3 saturated heterocycles. The standard InChI is InChI=1S/C22H21N3O2/c1-14-7-15(2)20(8-17(14)13-26)22(27)25-18-9-19(25)12-24(11-18)21-6-4-3-5-16(21)10-23/h3-8,13,18-19H,9,11-12H2,1-2H3. The maximum absolute atomic E-state index is 13.1. The Balaban J connectivity index is 1.57. The predicted molar refractivity (Wildman–Crippen MR) is 103 cm³/mol. The number of fused-ring (bicyclic) bond motifs is 2. The molecular weight excluding hydrogens is 338 g/mol. The van der Waals surface area contributed by atoms with Crippen molar-refractivity contribution in [2.24, 2.45) is 0 Å². The summed E-state index contributed by atoms with van der Waals surface area (Å²) in [5.74, 6) is 0.00469. The zero-order valence-corrected chi connectivity index (χ0v) is 15.5. The van der Waals surface area contributed by atoms with Gasteiger partial charge in [0.1, 0.15) is 12.4 Å². The molecule has 0 N–H and O–H groups in total. The van der Waals surface area contributed by atoms with Crippen molar-refractivity contribution in [1.82, 2.24) is 4.90 Å². The molecule has 27 heavy (non-hydrogen) atoms. The highest BCUT2D eigenvalue weighted by Crippen LogP contribution is 2.37. The Kier molecular flexibility index (Phi) is 4.19. The van der Waals surface area contributed by atoms with Crippen LogP contribution in [0.1, 0.15) is 43.8 Å². The molecule has 0 radical (unpaired) electrons. The average molecular weight is 359 g/mol. The third-order valence-electron chi connectivity index (χ3n) is 5.76. The number of piperazine rings is 1. The van der Waals surface area contributed by atoms with Crippen LogP contribution in [-0.4, -0.2) is 42.3 Å². The quantitative estimate of drug-likeness (QED) is 0.790. The summed E-state index contributed by atoms with van der Waals surface area (Å²) < 4.78 is 0. The first kappa shape index (κ1) is 17.3. The minimum Gasteiger partial charge on any atom is -0.366 e. The lowest BCUT2D eigenvalue weighted by atomic mass is 9.85. The largest absolute Gasteiger partial charge is 0.366 e. The average Bonchev–Trinajstić information content (AvgIpc) is 2.68. The van der Waals surface area contributed by atoms with Crippen LogP contribution >= 0.6 is 0 Å². The zero-order valence-electron chi connectivity index (χ0n) is 15.5. The molecule has 5 heteroatoms. The fraction of sp³-hybridized carbons (Fsp3) is 0.318. The second kappa shape index (κ2) is 6.55. The van der Waals surface area contributed by atoms with Gasteiger partial charge in [0.2, 0.25) is 0 Å². The van der Waals surface area contributed by atoms with E-state index in [0.29, 0.717) is 16.7 Å². The summed E-state index contributed by atoms with van der Waals surface area (Å²) in [6.45, 7) is 5.26. The van der Waals surface area contributed by atoms with Crippen molar-refractivity contribution >= 4 is 17.9 Å². The van der Waals surface area contributed by atoms with Crippen LogP contribution in [0.15, 0.2) is 36.4 Å². The third-order valence-corrected chi connectivity index (χ3v) is 5.76. The number of nitriles is 1. The fourth-order valence-corrected chi connectivity index (χ4v) is 4.35. The topological polar surface area (TPSA) is 64.4 Å². The van der Waals surface area contributed by atoms with Crippen LogP contribution in [-0.2, 0) is 0 Å². The molecule has 0 saturated carbocycles. The molecule has 2 aromatic carbocycles. The summed E-state index contributed by atoms with van der Waals surface area (Å²) in [5, 5.41) is 9.35. The van der Waals surface area contributed by atoms with E-state index in [2.05, 4.69) is 11.0 Å². The second-order valence-electron chi connectivity index (χ2n) is 7.43. The van der Waals surface area contributed by atoms with E-state index in [0.717, 1.165) is 42.6 Å². The molecule has 5 nitrogen and oxygen atoms in total. The maximum Gasteiger partial charge on any atom is 0.254 e. The molecule has 5 rings (SSSR count). The first-order chi connectivity index (χ1) is 13.0. The highest BCUT2D eigenvalue weighted by atomic mass is 16.2. The van der Waals surface area contributed by atoms with E-state index in [4.69, 9.17) is 0 Å². The van der Waals surface area contributed by atoms with E-state index < -0.39 is 0 Å². The minimum atomic E-state index is 0.00469. The summed E-state index contributed by atoms with van der Waals surface area (Å²) in [4.78, 5) is 28.6. The van der Waals surface area contributed by atoms with Crippen molar-refractivity contribution < 1.29 is 9.59 Å². The summed E-state index contributed by atoms with van der Waals surface area (Å²) in [6, 6.07) is 13.8. The number of anilines is 1. The van der Waals surface area contributed by atoms with E-state index >= 15 is 0 Å². The van der Waals surface area contributed by atoms with Gasteiger partial charge in [-0.3, -0.25) is 9.59 Å². The van der Waals surface area contributed by atoms with Gasteiger partial charge < -0.3 is 9.80 Å². The number of aldehydes is 1. The molecule has 2 bridgehead atoms. The fourth-order valence-electron chi connectivity index (χ4n) is 4.35. The molecule has 3 fully saturated rings. The van der Waals surface area contributed by atoms with Gasteiger partial charge in [0.25, 0.3) is 5.91 Å². The number of carbonyl (C=O) groups is 2. The molecule has 0 spiro atoms. The van der Waals surface area contributed by atoms with Crippen molar-refractivity contribution in [2.75, 3.05) is 18.0 Å². The Labute approximate surface area is 158 Å². The SMILES string of the molecule is Cc1cc(C)c(C(=O)N2C3CC2CN(c2ccccc2C#N)C3)cc1C=O. The van der Waals surface area contributed by atoms with Gasteiger partial charge in [0, 0.05) is 24.2 Å². The van der Waals surface area contributed by atoms with Crippen LogP contribution < -0.4 is 4.90 Å². The predicted octanol–water partition coefficient (Wildman–Crippen LogP) is 3.09. The van der Waals surface area contributed by atoms with Gasteiger partial charge in [0.15, 0.2) is 0 Å². The van der Waals surface area contributed by atoms with Crippen LogP contribution in [0.2, 0.25) is 0 Å². The molecule has 3 aliphatic heterocycles. The molecular formula is C22H21N3O2. The van der Waals surface area contributed by atoms with Crippen LogP contribution in [0, 0.1) is 25.2 Å². The zero-order chi connectivity index (χ0) is 19.1. The number of piperidine rings is 1. The highest BCUT2D eigenvalue weighted by Gasteiger charge is 2.47. The Morgan fingerprint density at radius 1 is 1.15 bits per heavy atom. The number of rotatable bonds is 3. The Hall–Kier alpha value is -3.13. The van der Waals surface area contributed by atoms with Gasteiger partial charge in [-0.1, -0.05) is 18.2 Å². The van der Waals surface area contributed by atoms with E-state index in [-0.39, 0.29) is 18.0 Å². The molecule has 3 heterocycles. The molecule has 2 aromatic rings. The van der Waals surface area contributed by atoms with Crippen molar-refractivity contribution in [3.05, 3.63) is 64.2 Å². The number of hydrogen-bond acceptors (Lipinski definition) is 4. The number of hydrogen-bond donors (Lipinski definition) is 0. The lowest BCUT2D eigenvalue weighted by molar-refractivity contribution is 0.00586. The number of carbonyl (C=O) groups excluding carboxylic acids is 2. The van der Waals surface area contributed by atoms with Gasteiger partial charge in [-0.05, 0) is 49.6 Å².